The summed E-state index contributed by atoms with van der Waals surface area (Å²) in [6.45, 7) is 1.28. The molecule has 1 aromatic carbocycles. The summed E-state index contributed by atoms with van der Waals surface area (Å²) >= 11 is 12.7. The average molecular weight is 398 g/mol. The van der Waals surface area contributed by atoms with Crippen molar-refractivity contribution in [1.82, 2.24) is 9.78 Å². The molecule has 1 N–H and O–H groups in total. The molecule has 3 rings (SSSR count). The molecule has 0 bridgehead atoms. The van der Waals surface area contributed by atoms with Crippen LogP contribution in [0.3, 0.4) is 0 Å². The van der Waals surface area contributed by atoms with Crippen LogP contribution in [0.1, 0.15) is 4.88 Å². The molecule has 25 heavy (non-hydrogen) atoms. The molecular formula is C15H14ClN4O3S2+. The molecule has 0 amide bonds. The largest absolute Gasteiger partial charge is 0.409 e. The Morgan fingerprint density at radius 2 is 2.24 bits per heavy atom. The van der Waals surface area contributed by atoms with Gasteiger partial charge >= 0.3 is 0 Å². The van der Waals surface area contributed by atoms with Gasteiger partial charge in [0.15, 0.2) is 6.67 Å². The first-order chi connectivity index (χ1) is 11.9. The molecule has 2 heterocycles. The van der Waals surface area contributed by atoms with Crippen molar-refractivity contribution in [3.63, 3.8) is 0 Å². The predicted octanol–water partition coefficient (Wildman–Crippen LogP) is 3.17. The highest BCUT2D eigenvalue weighted by Crippen LogP contribution is 2.23. The number of benzene rings is 1. The first-order valence-corrected chi connectivity index (χ1v) is 8.91. The fourth-order valence-electron chi connectivity index (χ4n) is 2.33. The fraction of sp³-hybridized carbons (Fsp3) is 0.200. The molecule has 1 atom stereocenters. The highest BCUT2D eigenvalue weighted by atomic mass is 35.5. The Morgan fingerprint density at radius 3 is 2.92 bits per heavy atom. The summed E-state index contributed by atoms with van der Waals surface area (Å²) < 4.78 is 7.84. The van der Waals surface area contributed by atoms with Crippen LogP contribution in [0, 0.1) is 15.0 Å². The van der Waals surface area contributed by atoms with Crippen molar-refractivity contribution in [2.45, 2.75) is 13.2 Å². The van der Waals surface area contributed by atoms with E-state index in [2.05, 4.69) is 5.10 Å². The third kappa shape index (κ3) is 4.31. The Balaban J connectivity index is 1.77. The molecule has 7 nitrogen and oxygen atoms in total. The summed E-state index contributed by atoms with van der Waals surface area (Å²) in [5.74, 6) is 0.265. The van der Waals surface area contributed by atoms with Gasteiger partial charge in [-0.05, 0) is 30.4 Å². The number of rotatable bonds is 6. The van der Waals surface area contributed by atoms with Gasteiger partial charge in [0.25, 0.3) is 10.5 Å². The zero-order valence-corrected chi connectivity index (χ0v) is 15.5. The van der Waals surface area contributed by atoms with Gasteiger partial charge in [0.1, 0.15) is 6.54 Å². The fourth-order valence-corrected chi connectivity index (χ4v) is 3.72. The zero-order chi connectivity index (χ0) is 18.0. The monoisotopic (exact) mass is 397 g/mol. The summed E-state index contributed by atoms with van der Waals surface area (Å²) in [5.41, 5.74) is 0.493. The highest BCUT2D eigenvalue weighted by molar-refractivity contribution is 7.71. The first-order valence-electron chi connectivity index (χ1n) is 7.30. The van der Waals surface area contributed by atoms with Crippen LogP contribution < -0.4 is 4.90 Å². The Bertz CT molecular complexity index is 966. The molecule has 3 aromatic rings. The molecule has 0 aliphatic rings. The van der Waals surface area contributed by atoms with E-state index in [9.17, 15) is 10.1 Å². The summed E-state index contributed by atoms with van der Waals surface area (Å²) in [4.78, 5) is 13.0. The molecule has 0 spiro atoms. The number of nitrogens with zero attached hydrogens (tertiary/aromatic N) is 3. The van der Waals surface area contributed by atoms with Crippen molar-refractivity contribution in [3.8, 4) is 11.5 Å². The number of aromatic nitrogens is 2. The Kier molecular flexibility index (Phi) is 5.28. The number of nitrogens with one attached hydrogen (secondary N) is 1. The topological polar surface area (TPSA) is 78.5 Å². The number of halogens is 1. The number of hydrogen-bond donors (Lipinski definition) is 1. The minimum atomic E-state index is -0.459. The maximum Gasteiger partial charge on any atom is 0.292 e. The van der Waals surface area contributed by atoms with E-state index in [4.69, 9.17) is 28.2 Å². The summed E-state index contributed by atoms with van der Waals surface area (Å²) in [7, 11) is 2.01. The summed E-state index contributed by atoms with van der Waals surface area (Å²) in [6, 6.07) is 9.98. The molecule has 0 radical (unpaired) electrons. The smallest absolute Gasteiger partial charge is 0.292 e. The van der Waals surface area contributed by atoms with Crippen LogP contribution in [-0.2, 0) is 13.2 Å². The van der Waals surface area contributed by atoms with Crippen LogP contribution in [0.15, 0.2) is 40.8 Å². The zero-order valence-electron chi connectivity index (χ0n) is 13.1. The van der Waals surface area contributed by atoms with Gasteiger partial charge in [-0.1, -0.05) is 17.7 Å². The first kappa shape index (κ1) is 17.7. The van der Waals surface area contributed by atoms with Gasteiger partial charge < -0.3 is 9.32 Å². The quantitative estimate of drug-likeness (QED) is 0.392. The van der Waals surface area contributed by atoms with Crippen molar-refractivity contribution < 1.29 is 14.2 Å². The lowest BCUT2D eigenvalue weighted by Gasteiger charge is -2.11. The number of non-ortho nitro benzene ring substituents is 1. The normalized spacial score (nSPS) is 12.2. The van der Waals surface area contributed by atoms with Gasteiger partial charge in [-0.25, -0.2) is 0 Å². The third-order valence-corrected chi connectivity index (χ3v) is 4.96. The second-order valence-corrected chi connectivity index (χ2v) is 7.63. The van der Waals surface area contributed by atoms with Gasteiger partial charge in [-0.3, -0.25) is 10.1 Å². The van der Waals surface area contributed by atoms with Crippen molar-refractivity contribution in [1.29, 1.82) is 0 Å². The lowest BCUT2D eigenvalue weighted by atomic mass is 10.2. The van der Waals surface area contributed by atoms with E-state index in [1.54, 1.807) is 16.8 Å². The lowest BCUT2D eigenvalue weighted by Crippen LogP contribution is -3.06. The van der Waals surface area contributed by atoms with E-state index < -0.39 is 4.92 Å². The Hall–Kier alpha value is -2.07. The van der Waals surface area contributed by atoms with Gasteiger partial charge in [0.05, 0.1) is 21.2 Å². The van der Waals surface area contributed by atoms with E-state index in [1.165, 1.54) is 23.5 Å². The van der Waals surface area contributed by atoms with E-state index in [1.807, 2.05) is 19.2 Å². The van der Waals surface area contributed by atoms with Gasteiger partial charge in [0.2, 0.25) is 5.89 Å². The van der Waals surface area contributed by atoms with Crippen LogP contribution in [0.5, 0.6) is 0 Å². The maximum absolute atomic E-state index is 10.9. The second-order valence-electron chi connectivity index (χ2n) is 5.48. The second kappa shape index (κ2) is 7.44. The van der Waals surface area contributed by atoms with Crippen LogP contribution >= 0.6 is 35.2 Å². The molecule has 0 fully saturated rings. The molecule has 1 unspecified atom stereocenters. The van der Waals surface area contributed by atoms with Crippen molar-refractivity contribution in [3.05, 3.63) is 60.6 Å². The van der Waals surface area contributed by atoms with Crippen LogP contribution in [0.25, 0.3) is 11.5 Å². The minimum absolute atomic E-state index is 0.0227. The SMILES string of the molecule is C[NH+](Cc1ccc(Cl)s1)Cn1nc(-c2cccc([N+](=O)[O-])c2)oc1=S. The van der Waals surface area contributed by atoms with Gasteiger partial charge in [-0.15, -0.1) is 16.4 Å². The number of quaternary nitrogens is 1. The summed E-state index contributed by atoms with van der Waals surface area (Å²) in [6.07, 6.45) is 0. The van der Waals surface area contributed by atoms with Crippen LogP contribution in [0.2, 0.25) is 4.34 Å². The maximum atomic E-state index is 10.9. The number of thiophene rings is 1. The van der Waals surface area contributed by atoms with Crippen LogP contribution in [0.4, 0.5) is 5.69 Å². The van der Waals surface area contributed by atoms with E-state index in [0.717, 1.165) is 20.7 Å². The predicted molar refractivity (Wildman–Crippen MR) is 97.3 cm³/mol. The Morgan fingerprint density at radius 1 is 1.44 bits per heavy atom. The lowest BCUT2D eigenvalue weighted by molar-refractivity contribution is -0.917. The summed E-state index contributed by atoms with van der Waals surface area (Å²) in [5, 5.41) is 15.2. The van der Waals surface area contributed by atoms with Gasteiger partial charge in [0, 0.05) is 17.7 Å². The highest BCUT2D eigenvalue weighted by Gasteiger charge is 2.15. The van der Waals surface area contributed by atoms with E-state index in [0.29, 0.717) is 12.2 Å². The Labute approximate surface area is 157 Å². The standard InChI is InChI=1S/C15H13ClN4O3S2/c1-18(8-12-5-6-13(16)25-12)9-19-15(24)23-14(17-19)10-3-2-4-11(7-10)20(21)22/h2-7H,8-9H2,1H3/p+1. The van der Waals surface area contributed by atoms with Crippen molar-refractivity contribution in [2.24, 2.45) is 0 Å². The molecule has 10 heteroatoms. The number of hydrogen-bond acceptors (Lipinski definition) is 6. The van der Waals surface area contributed by atoms with Crippen molar-refractivity contribution in [2.75, 3.05) is 7.05 Å². The molecule has 0 saturated carbocycles. The average Bonchev–Trinajstić information content (AvgIpc) is 3.13. The van der Waals surface area contributed by atoms with Crippen molar-refractivity contribution >= 4 is 40.8 Å². The third-order valence-electron chi connectivity index (χ3n) is 3.43. The number of nitro benzene ring substituents is 1. The van der Waals surface area contributed by atoms with E-state index in [-0.39, 0.29) is 16.4 Å². The molecule has 0 aliphatic carbocycles. The molecule has 0 saturated heterocycles. The molecular weight excluding hydrogens is 384 g/mol. The molecule has 130 valence electrons. The van der Waals surface area contributed by atoms with Gasteiger partial charge in [-0.2, -0.15) is 4.68 Å². The van der Waals surface area contributed by atoms with E-state index >= 15 is 0 Å². The minimum Gasteiger partial charge on any atom is -0.409 e. The molecule has 0 aliphatic heterocycles. The van der Waals surface area contributed by atoms with Crippen LogP contribution in [-0.4, -0.2) is 21.8 Å². The number of nitro groups is 1. The molecule has 2 aromatic heterocycles.